The maximum atomic E-state index is 11.3. The number of amides is 1. The van der Waals surface area contributed by atoms with Gasteiger partial charge in [-0.25, -0.2) is 0 Å². The van der Waals surface area contributed by atoms with Crippen LogP contribution in [0.25, 0.3) is 0 Å². The van der Waals surface area contributed by atoms with Crippen LogP contribution in [0.2, 0.25) is 0 Å². The number of hydrogen-bond acceptors (Lipinski definition) is 1. The van der Waals surface area contributed by atoms with E-state index in [2.05, 4.69) is 50.4 Å². The summed E-state index contributed by atoms with van der Waals surface area (Å²) < 4.78 is 0. The summed E-state index contributed by atoms with van der Waals surface area (Å²) in [4.78, 5) is 11.3. The van der Waals surface area contributed by atoms with Crippen molar-refractivity contribution >= 4 is 5.91 Å². The summed E-state index contributed by atoms with van der Waals surface area (Å²) >= 11 is 0. The predicted octanol–water partition coefficient (Wildman–Crippen LogP) is 4.01. The van der Waals surface area contributed by atoms with Gasteiger partial charge in [0.15, 0.2) is 0 Å². The lowest BCUT2D eigenvalue weighted by Crippen LogP contribution is -2.25. The highest BCUT2D eigenvalue weighted by Gasteiger charge is 1.96. The summed E-state index contributed by atoms with van der Waals surface area (Å²) in [5.74, 6) is 0.510. The van der Waals surface area contributed by atoms with E-state index in [4.69, 9.17) is 0 Å². The average Bonchev–Trinajstić information content (AvgIpc) is 2.34. The van der Waals surface area contributed by atoms with Crippen LogP contribution >= 0.6 is 0 Å². The van der Waals surface area contributed by atoms with E-state index in [0.29, 0.717) is 5.92 Å². The summed E-state index contributed by atoms with van der Waals surface area (Å²) in [5, 5.41) is 2.85. The van der Waals surface area contributed by atoms with Crippen LogP contribution in [0.3, 0.4) is 0 Å². The molecule has 0 unspecified atom stereocenters. The van der Waals surface area contributed by atoms with E-state index in [0.717, 1.165) is 25.8 Å². The van der Waals surface area contributed by atoms with Crippen LogP contribution in [0.1, 0.15) is 46.5 Å². The van der Waals surface area contributed by atoms with E-state index in [1.807, 2.05) is 6.08 Å². The third-order valence-corrected chi connectivity index (χ3v) is 2.29. The first-order chi connectivity index (χ1) is 8.66. The molecule has 0 rings (SSSR count). The van der Waals surface area contributed by atoms with Gasteiger partial charge in [0.05, 0.1) is 0 Å². The lowest BCUT2D eigenvalue weighted by molar-refractivity contribution is -0.116. The second kappa shape index (κ2) is 12.2. The molecule has 0 spiro atoms. The van der Waals surface area contributed by atoms with Gasteiger partial charge in [-0.3, -0.25) is 4.79 Å². The van der Waals surface area contributed by atoms with Gasteiger partial charge in [0.1, 0.15) is 0 Å². The smallest absolute Gasteiger partial charge is 0.243 e. The lowest BCUT2D eigenvalue weighted by Gasteiger charge is -2.03. The molecular weight excluding hydrogens is 222 g/mol. The number of unbranched alkanes of at least 4 members (excludes halogenated alkanes) is 2. The van der Waals surface area contributed by atoms with Crippen LogP contribution in [0, 0.1) is 5.92 Å². The fraction of sp³-hybridized carbons (Fsp3) is 0.562. The topological polar surface area (TPSA) is 29.1 Å². The van der Waals surface area contributed by atoms with Gasteiger partial charge >= 0.3 is 0 Å². The zero-order chi connectivity index (χ0) is 13.6. The Balaban J connectivity index is 3.55. The van der Waals surface area contributed by atoms with Crippen molar-refractivity contribution in [3.63, 3.8) is 0 Å². The van der Waals surface area contributed by atoms with E-state index in [1.54, 1.807) is 6.08 Å². The molecule has 1 amide bonds. The van der Waals surface area contributed by atoms with Crippen molar-refractivity contribution in [2.75, 3.05) is 6.54 Å². The number of hydrogen-bond donors (Lipinski definition) is 1. The summed E-state index contributed by atoms with van der Waals surface area (Å²) in [7, 11) is 0. The molecule has 0 fully saturated rings. The molecule has 2 nitrogen and oxygen atoms in total. The largest absolute Gasteiger partial charge is 0.352 e. The molecule has 2 heteroatoms. The van der Waals surface area contributed by atoms with Crippen molar-refractivity contribution in [1.82, 2.24) is 5.32 Å². The highest BCUT2D eigenvalue weighted by atomic mass is 16.1. The second-order valence-electron chi connectivity index (χ2n) is 4.76. The van der Waals surface area contributed by atoms with E-state index in [9.17, 15) is 4.79 Å². The van der Waals surface area contributed by atoms with Gasteiger partial charge in [0.25, 0.3) is 0 Å². The minimum absolute atomic E-state index is 0.00974. The van der Waals surface area contributed by atoms with E-state index in [-0.39, 0.29) is 5.91 Å². The van der Waals surface area contributed by atoms with Gasteiger partial charge in [-0.15, -0.1) is 0 Å². The summed E-state index contributed by atoms with van der Waals surface area (Å²) in [6, 6.07) is 0. The molecule has 0 aliphatic heterocycles. The molecule has 0 radical (unpaired) electrons. The zero-order valence-corrected chi connectivity index (χ0v) is 12.0. The number of rotatable bonds is 9. The van der Waals surface area contributed by atoms with Gasteiger partial charge in [0, 0.05) is 6.54 Å². The van der Waals surface area contributed by atoms with Crippen molar-refractivity contribution in [3.8, 4) is 0 Å². The van der Waals surface area contributed by atoms with Gasteiger partial charge in [-0.2, -0.15) is 0 Å². The highest BCUT2D eigenvalue weighted by molar-refractivity contribution is 5.87. The third-order valence-electron chi connectivity index (χ3n) is 2.29. The molecule has 0 saturated carbocycles. The van der Waals surface area contributed by atoms with Crippen molar-refractivity contribution in [2.24, 2.45) is 5.92 Å². The first-order valence-corrected chi connectivity index (χ1v) is 6.92. The Bertz CT molecular complexity index is 287. The number of carbonyl (C=O) groups excluding carboxylic acids is 1. The minimum atomic E-state index is 0.00974. The fourth-order valence-electron chi connectivity index (χ4n) is 1.26. The predicted molar refractivity (Wildman–Crippen MR) is 79.4 cm³/mol. The zero-order valence-electron chi connectivity index (χ0n) is 12.0. The monoisotopic (exact) mass is 249 g/mol. The maximum Gasteiger partial charge on any atom is 0.243 e. The van der Waals surface area contributed by atoms with Crippen LogP contribution in [0.5, 0.6) is 0 Å². The van der Waals surface area contributed by atoms with Gasteiger partial charge in [0.2, 0.25) is 5.91 Å². The van der Waals surface area contributed by atoms with E-state index >= 15 is 0 Å². The highest BCUT2D eigenvalue weighted by Crippen LogP contribution is 1.95. The summed E-state index contributed by atoms with van der Waals surface area (Å²) in [6.45, 7) is 7.08. The van der Waals surface area contributed by atoms with Crippen LogP contribution in [-0.2, 0) is 4.79 Å². The van der Waals surface area contributed by atoms with E-state index < -0.39 is 0 Å². The Morgan fingerprint density at radius 1 is 1.06 bits per heavy atom. The molecule has 0 aromatic heterocycles. The van der Waals surface area contributed by atoms with E-state index in [1.165, 1.54) is 6.42 Å². The van der Waals surface area contributed by atoms with Crippen LogP contribution < -0.4 is 5.32 Å². The van der Waals surface area contributed by atoms with Gasteiger partial charge in [-0.1, -0.05) is 57.6 Å². The third kappa shape index (κ3) is 12.8. The molecule has 0 aliphatic carbocycles. The Kier molecular flexibility index (Phi) is 11.3. The summed E-state index contributed by atoms with van der Waals surface area (Å²) in [6.07, 6.45) is 16.2. The van der Waals surface area contributed by atoms with Crippen molar-refractivity contribution in [1.29, 1.82) is 0 Å². The average molecular weight is 249 g/mol. The van der Waals surface area contributed by atoms with Crippen molar-refractivity contribution in [2.45, 2.75) is 46.5 Å². The minimum Gasteiger partial charge on any atom is -0.352 e. The molecule has 102 valence electrons. The molecule has 0 aromatic rings. The molecule has 0 aromatic carbocycles. The normalized spacial score (nSPS) is 12.2. The Morgan fingerprint density at radius 2 is 1.67 bits per heavy atom. The van der Waals surface area contributed by atoms with Crippen LogP contribution in [-0.4, -0.2) is 12.5 Å². The number of carbonyl (C=O) groups is 1. The van der Waals surface area contributed by atoms with Crippen molar-refractivity contribution < 1.29 is 4.79 Å². The molecular formula is C16H27NO. The molecule has 18 heavy (non-hydrogen) atoms. The molecule has 0 aliphatic rings. The van der Waals surface area contributed by atoms with Gasteiger partial charge < -0.3 is 5.32 Å². The standard InChI is InChI=1S/C16H27NO/c1-4-5-6-7-8-9-10-11-12-13-16(18)17-14-15(2)3/h6-9,12-13,15H,4-5,10-11,14H2,1-3H3,(H,17,18)/b7-6+,9-8-,13-12+. The first kappa shape index (κ1) is 16.7. The fourth-order valence-corrected chi connectivity index (χ4v) is 1.26. The molecule has 0 heterocycles. The Labute approximate surface area is 112 Å². The van der Waals surface area contributed by atoms with Gasteiger partial charge in [-0.05, 0) is 31.3 Å². The SMILES string of the molecule is CCC/C=C/C=C\CC/C=C/C(=O)NCC(C)C. The molecule has 0 atom stereocenters. The van der Waals surface area contributed by atoms with Crippen LogP contribution in [0.15, 0.2) is 36.5 Å². The number of nitrogens with one attached hydrogen (secondary N) is 1. The molecule has 0 bridgehead atoms. The first-order valence-electron chi connectivity index (χ1n) is 6.92. The van der Waals surface area contributed by atoms with Crippen LogP contribution in [0.4, 0.5) is 0 Å². The number of allylic oxidation sites excluding steroid dienone is 5. The Morgan fingerprint density at radius 3 is 2.28 bits per heavy atom. The molecule has 0 saturated heterocycles. The second-order valence-corrected chi connectivity index (χ2v) is 4.76. The molecule has 1 N–H and O–H groups in total. The lowest BCUT2D eigenvalue weighted by atomic mass is 10.2. The summed E-state index contributed by atoms with van der Waals surface area (Å²) in [5.41, 5.74) is 0. The Hall–Kier alpha value is -1.31. The van der Waals surface area contributed by atoms with Crippen molar-refractivity contribution in [3.05, 3.63) is 36.5 Å². The quantitative estimate of drug-likeness (QED) is 0.373. The maximum absolute atomic E-state index is 11.3.